The predicted molar refractivity (Wildman–Crippen MR) is 74.5 cm³/mol. The van der Waals surface area contributed by atoms with E-state index in [9.17, 15) is 8.78 Å². The third-order valence-electron chi connectivity index (χ3n) is 3.23. The van der Waals surface area contributed by atoms with E-state index in [0.717, 1.165) is 11.3 Å². The standard InChI is InChI=1S/C16H17F2N/c1-11-3-5-14(9-12(11)2)19-8-7-13-4-6-15(17)16(18)10-13/h3-6,9-10,19H,7-8H2,1-2H3. The van der Waals surface area contributed by atoms with E-state index in [0.29, 0.717) is 13.0 Å². The number of rotatable bonds is 4. The molecular formula is C16H17F2N. The maximum Gasteiger partial charge on any atom is 0.159 e. The Morgan fingerprint density at radius 3 is 2.37 bits per heavy atom. The van der Waals surface area contributed by atoms with Gasteiger partial charge in [-0.05, 0) is 61.2 Å². The van der Waals surface area contributed by atoms with Gasteiger partial charge >= 0.3 is 0 Å². The van der Waals surface area contributed by atoms with Crippen LogP contribution in [0.25, 0.3) is 0 Å². The monoisotopic (exact) mass is 261 g/mol. The molecule has 1 nitrogen and oxygen atoms in total. The molecule has 0 aliphatic heterocycles. The van der Waals surface area contributed by atoms with Gasteiger partial charge in [0.05, 0.1) is 0 Å². The van der Waals surface area contributed by atoms with Gasteiger partial charge in [-0.15, -0.1) is 0 Å². The number of aryl methyl sites for hydroxylation is 2. The molecule has 0 aliphatic carbocycles. The zero-order valence-corrected chi connectivity index (χ0v) is 11.1. The van der Waals surface area contributed by atoms with Gasteiger partial charge in [-0.25, -0.2) is 8.78 Å². The van der Waals surface area contributed by atoms with E-state index in [1.807, 2.05) is 6.07 Å². The van der Waals surface area contributed by atoms with E-state index in [2.05, 4.69) is 31.3 Å². The summed E-state index contributed by atoms with van der Waals surface area (Å²) in [5, 5.41) is 3.28. The summed E-state index contributed by atoms with van der Waals surface area (Å²) in [5.41, 5.74) is 4.32. The molecule has 0 saturated heterocycles. The molecular weight excluding hydrogens is 244 g/mol. The topological polar surface area (TPSA) is 12.0 Å². The molecule has 3 heteroatoms. The van der Waals surface area contributed by atoms with Crippen molar-refractivity contribution in [3.63, 3.8) is 0 Å². The number of benzene rings is 2. The first-order valence-corrected chi connectivity index (χ1v) is 6.31. The molecule has 2 aromatic carbocycles. The van der Waals surface area contributed by atoms with Crippen molar-refractivity contribution in [1.29, 1.82) is 0 Å². The van der Waals surface area contributed by atoms with Gasteiger partial charge in [-0.1, -0.05) is 12.1 Å². The molecule has 0 fully saturated rings. The summed E-state index contributed by atoms with van der Waals surface area (Å²) in [6.07, 6.45) is 0.657. The summed E-state index contributed by atoms with van der Waals surface area (Å²) in [7, 11) is 0. The second-order valence-electron chi connectivity index (χ2n) is 4.72. The van der Waals surface area contributed by atoms with E-state index in [-0.39, 0.29) is 0 Å². The van der Waals surface area contributed by atoms with E-state index in [4.69, 9.17) is 0 Å². The normalized spacial score (nSPS) is 10.5. The largest absolute Gasteiger partial charge is 0.385 e. The lowest BCUT2D eigenvalue weighted by atomic mass is 10.1. The number of hydrogen-bond donors (Lipinski definition) is 1. The van der Waals surface area contributed by atoms with Gasteiger partial charge in [-0.3, -0.25) is 0 Å². The number of nitrogens with one attached hydrogen (secondary N) is 1. The molecule has 19 heavy (non-hydrogen) atoms. The SMILES string of the molecule is Cc1ccc(NCCc2ccc(F)c(F)c2)cc1C. The van der Waals surface area contributed by atoms with Crippen LogP contribution >= 0.6 is 0 Å². The summed E-state index contributed by atoms with van der Waals surface area (Å²) < 4.78 is 25.8. The summed E-state index contributed by atoms with van der Waals surface area (Å²) >= 11 is 0. The molecule has 0 aliphatic rings. The van der Waals surface area contributed by atoms with E-state index < -0.39 is 11.6 Å². The van der Waals surface area contributed by atoms with Gasteiger partial charge < -0.3 is 5.32 Å². The summed E-state index contributed by atoms with van der Waals surface area (Å²) in [5.74, 6) is -1.59. The molecule has 2 rings (SSSR count). The molecule has 0 radical (unpaired) electrons. The highest BCUT2D eigenvalue weighted by molar-refractivity contribution is 5.48. The Kier molecular flexibility index (Phi) is 4.15. The molecule has 0 amide bonds. The molecule has 0 heterocycles. The van der Waals surface area contributed by atoms with Crippen molar-refractivity contribution >= 4 is 5.69 Å². The van der Waals surface area contributed by atoms with Crippen molar-refractivity contribution in [3.05, 3.63) is 64.7 Å². The van der Waals surface area contributed by atoms with Crippen molar-refractivity contribution in [2.75, 3.05) is 11.9 Å². The average Bonchev–Trinajstić information content (AvgIpc) is 2.38. The molecule has 0 bridgehead atoms. The highest BCUT2D eigenvalue weighted by Crippen LogP contribution is 2.14. The quantitative estimate of drug-likeness (QED) is 0.868. The Hall–Kier alpha value is -1.90. The maximum absolute atomic E-state index is 13.0. The molecule has 100 valence electrons. The lowest BCUT2D eigenvalue weighted by Crippen LogP contribution is -2.05. The molecule has 2 aromatic rings. The molecule has 0 aromatic heterocycles. The predicted octanol–water partition coefficient (Wildman–Crippen LogP) is 4.24. The van der Waals surface area contributed by atoms with Crippen molar-refractivity contribution in [2.45, 2.75) is 20.3 Å². The average molecular weight is 261 g/mol. The fraction of sp³-hybridized carbons (Fsp3) is 0.250. The van der Waals surface area contributed by atoms with E-state index in [1.165, 1.54) is 23.3 Å². The minimum atomic E-state index is -0.800. The van der Waals surface area contributed by atoms with E-state index >= 15 is 0 Å². The third kappa shape index (κ3) is 3.53. The zero-order valence-electron chi connectivity index (χ0n) is 11.1. The fourth-order valence-corrected chi connectivity index (χ4v) is 1.90. The number of anilines is 1. The van der Waals surface area contributed by atoms with Gasteiger partial charge in [0, 0.05) is 12.2 Å². The van der Waals surface area contributed by atoms with Crippen molar-refractivity contribution in [1.82, 2.24) is 0 Å². The van der Waals surface area contributed by atoms with Crippen LogP contribution in [0.3, 0.4) is 0 Å². The molecule has 0 saturated carbocycles. The van der Waals surface area contributed by atoms with Crippen LogP contribution in [0.5, 0.6) is 0 Å². The van der Waals surface area contributed by atoms with E-state index in [1.54, 1.807) is 6.07 Å². The highest BCUT2D eigenvalue weighted by atomic mass is 19.2. The Morgan fingerprint density at radius 1 is 0.895 bits per heavy atom. The van der Waals surface area contributed by atoms with Crippen LogP contribution in [-0.2, 0) is 6.42 Å². The second kappa shape index (κ2) is 5.83. The Morgan fingerprint density at radius 2 is 1.68 bits per heavy atom. The van der Waals surface area contributed by atoms with Crippen LogP contribution in [0.2, 0.25) is 0 Å². The maximum atomic E-state index is 13.0. The van der Waals surface area contributed by atoms with Gasteiger partial charge in [0.2, 0.25) is 0 Å². The Bertz CT molecular complexity index is 527. The van der Waals surface area contributed by atoms with Crippen LogP contribution in [0.15, 0.2) is 36.4 Å². The zero-order chi connectivity index (χ0) is 13.8. The number of hydrogen-bond acceptors (Lipinski definition) is 1. The Labute approximate surface area is 112 Å². The van der Waals surface area contributed by atoms with Crippen LogP contribution < -0.4 is 5.32 Å². The first kappa shape index (κ1) is 13.5. The smallest absolute Gasteiger partial charge is 0.159 e. The lowest BCUT2D eigenvalue weighted by Gasteiger charge is -2.09. The summed E-state index contributed by atoms with van der Waals surface area (Å²) in [6.45, 7) is 4.82. The van der Waals surface area contributed by atoms with Crippen LogP contribution in [0.4, 0.5) is 14.5 Å². The minimum absolute atomic E-state index is 0.657. The second-order valence-corrected chi connectivity index (χ2v) is 4.72. The van der Waals surface area contributed by atoms with Crippen molar-refractivity contribution in [2.24, 2.45) is 0 Å². The fourth-order valence-electron chi connectivity index (χ4n) is 1.90. The van der Waals surface area contributed by atoms with Gasteiger partial charge in [-0.2, -0.15) is 0 Å². The Balaban J connectivity index is 1.92. The van der Waals surface area contributed by atoms with Crippen molar-refractivity contribution < 1.29 is 8.78 Å². The number of halogens is 2. The first-order chi connectivity index (χ1) is 9.06. The molecule has 0 unspecified atom stereocenters. The third-order valence-corrected chi connectivity index (χ3v) is 3.23. The highest BCUT2D eigenvalue weighted by Gasteiger charge is 2.02. The molecule has 1 N–H and O–H groups in total. The van der Waals surface area contributed by atoms with Gasteiger partial charge in [0.25, 0.3) is 0 Å². The minimum Gasteiger partial charge on any atom is -0.385 e. The first-order valence-electron chi connectivity index (χ1n) is 6.31. The van der Waals surface area contributed by atoms with Crippen LogP contribution in [-0.4, -0.2) is 6.54 Å². The summed E-state index contributed by atoms with van der Waals surface area (Å²) in [6, 6.07) is 10.2. The van der Waals surface area contributed by atoms with Gasteiger partial charge in [0.1, 0.15) is 0 Å². The van der Waals surface area contributed by atoms with Crippen LogP contribution in [0, 0.1) is 25.5 Å². The van der Waals surface area contributed by atoms with Gasteiger partial charge in [0.15, 0.2) is 11.6 Å². The molecule has 0 spiro atoms. The van der Waals surface area contributed by atoms with Crippen LogP contribution in [0.1, 0.15) is 16.7 Å². The lowest BCUT2D eigenvalue weighted by molar-refractivity contribution is 0.507. The molecule has 0 atom stereocenters. The summed E-state index contributed by atoms with van der Waals surface area (Å²) in [4.78, 5) is 0. The van der Waals surface area contributed by atoms with Crippen molar-refractivity contribution in [3.8, 4) is 0 Å².